The lowest BCUT2D eigenvalue weighted by Crippen LogP contribution is -1.95. The van der Waals surface area contributed by atoms with E-state index in [-0.39, 0.29) is 21.6 Å². The van der Waals surface area contributed by atoms with Crippen LogP contribution in [0.3, 0.4) is 0 Å². The van der Waals surface area contributed by atoms with Crippen LogP contribution in [0, 0.1) is 5.82 Å². The molecule has 1 aromatic carbocycles. The van der Waals surface area contributed by atoms with E-state index in [2.05, 4.69) is 15.9 Å². The van der Waals surface area contributed by atoms with Gasteiger partial charge in [0.15, 0.2) is 5.78 Å². The summed E-state index contributed by atoms with van der Waals surface area (Å²) >= 11 is 2.91. The summed E-state index contributed by atoms with van der Waals surface area (Å²) in [5.74, 6) is -1.18. The highest BCUT2D eigenvalue weighted by atomic mass is 79.9. The predicted molar refractivity (Wildman–Crippen MR) is 45.8 cm³/mol. The quantitative estimate of drug-likeness (QED) is 0.756. The Hall–Kier alpha value is -0.900. The van der Waals surface area contributed by atoms with Gasteiger partial charge in [0.2, 0.25) is 0 Å². The average molecular weight is 233 g/mol. The summed E-state index contributed by atoms with van der Waals surface area (Å²) in [5.41, 5.74) is 0.146. The van der Waals surface area contributed by atoms with E-state index < -0.39 is 5.82 Å². The number of halogens is 2. The Morgan fingerprint density at radius 1 is 1.58 bits per heavy atom. The van der Waals surface area contributed by atoms with Gasteiger partial charge in [-0.25, -0.2) is 4.39 Å². The Morgan fingerprint density at radius 3 is 2.67 bits per heavy atom. The number of hydrogen-bond donors (Lipinski definition) is 1. The summed E-state index contributed by atoms with van der Waals surface area (Å²) in [4.78, 5) is 10.9. The Morgan fingerprint density at radius 2 is 2.17 bits per heavy atom. The van der Waals surface area contributed by atoms with E-state index in [1.165, 1.54) is 13.0 Å². The average Bonchev–Trinajstić information content (AvgIpc) is 1.96. The van der Waals surface area contributed by atoms with Crippen LogP contribution in [0.2, 0.25) is 0 Å². The maximum Gasteiger partial charge on any atom is 0.161 e. The van der Waals surface area contributed by atoms with Crippen molar-refractivity contribution in [3.63, 3.8) is 0 Å². The molecule has 0 heterocycles. The third-order valence-electron chi connectivity index (χ3n) is 1.39. The number of hydrogen-bond acceptors (Lipinski definition) is 2. The van der Waals surface area contributed by atoms with Gasteiger partial charge < -0.3 is 5.11 Å². The summed E-state index contributed by atoms with van der Waals surface area (Å²) in [7, 11) is 0. The molecule has 12 heavy (non-hydrogen) atoms. The minimum atomic E-state index is -0.639. The van der Waals surface area contributed by atoms with Crippen LogP contribution in [0.25, 0.3) is 0 Å². The van der Waals surface area contributed by atoms with Crippen molar-refractivity contribution in [2.24, 2.45) is 0 Å². The number of aromatic hydroxyl groups is 1. The molecule has 0 saturated heterocycles. The molecule has 1 N–H and O–H groups in total. The molecule has 4 heteroatoms. The zero-order valence-corrected chi connectivity index (χ0v) is 7.85. The molecule has 64 valence electrons. The lowest BCUT2D eigenvalue weighted by molar-refractivity contribution is 0.101. The molecule has 0 amide bonds. The number of Topliss-reactive ketones (excluding diaryl/α,β-unsaturated/α-hetero) is 1. The minimum Gasteiger partial charge on any atom is -0.508 e. The molecule has 1 aromatic rings. The van der Waals surface area contributed by atoms with Gasteiger partial charge in [-0.1, -0.05) is 0 Å². The highest BCUT2D eigenvalue weighted by molar-refractivity contribution is 9.10. The molecule has 0 aliphatic heterocycles. The van der Waals surface area contributed by atoms with Crippen LogP contribution in [0.4, 0.5) is 4.39 Å². The summed E-state index contributed by atoms with van der Waals surface area (Å²) in [6.45, 7) is 1.30. The van der Waals surface area contributed by atoms with E-state index in [1.54, 1.807) is 0 Å². The van der Waals surface area contributed by atoms with Gasteiger partial charge in [-0.2, -0.15) is 0 Å². The smallest absolute Gasteiger partial charge is 0.161 e. The Balaban J connectivity index is 3.37. The number of phenolic OH excluding ortho intramolecular Hbond substituents is 1. The van der Waals surface area contributed by atoms with Crippen LogP contribution in [-0.2, 0) is 0 Å². The van der Waals surface area contributed by atoms with Crippen molar-refractivity contribution in [1.82, 2.24) is 0 Å². The fraction of sp³-hybridized carbons (Fsp3) is 0.125. The second-order valence-corrected chi connectivity index (χ2v) is 3.14. The summed E-state index contributed by atoms with van der Waals surface area (Å²) in [6, 6.07) is 2.16. The monoisotopic (exact) mass is 232 g/mol. The Labute approximate surface area is 77.2 Å². The highest BCUT2D eigenvalue weighted by Gasteiger charge is 2.11. The molecule has 0 aliphatic carbocycles. The van der Waals surface area contributed by atoms with Gasteiger partial charge in [0.1, 0.15) is 11.6 Å². The lowest BCUT2D eigenvalue weighted by Gasteiger charge is -2.01. The molecule has 0 aliphatic rings. The number of phenols is 1. The van der Waals surface area contributed by atoms with Crippen LogP contribution >= 0.6 is 15.9 Å². The molecule has 0 saturated carbocycles. The fourth-order valence-electron chi connectivity index (χ4n) is 0.831. The van der Waals surface area contributed by atoms with Crippen LogP contribution in [0.5, 0.6) is 5.75 Å². The molecule has 0 spiro atoms. The number of rotatable bonds is 1. The first-order valence-corrected chi connectivity index (χ1v) is 4.00. The van der Waals surface area contributed by atoms with Crippen molar-refractivity contribution in [1.29, 1.82) is 0 Å². The molecule has 0 bridgehead atoms. The molecule has 0 atom stereocenters. The van der Waals surface area contributed by atoms with Crippen molar-refractivity contribution in [2.75, 3.05) is 0 Å². The zero-order valence-electron chi connectivity index (χ0n) is 6.27. The molecule has 0 aromatic heterocycles. The van der Waals surface area contributed by atoms with Crippen molar-refractivity contribution >= 4 is 21.7 Å². The second-order valence-electron chi connectivity index (χ2n) is 2.35. The number of carbonyl (C=O) groups is 1. The van der Waals surface area contributed by atoms with E-state index in [0.29, 0.717) is 0 Å². The normalized spacial score (nSPS) is 9.92. The van der Waals surface area contributed by atoms with E-state index in [1.807, 2.05) is 0 Å². The first kappa shape index (κ1) is 9.19. The number of benzene rings is 1. The minimum absolute atomic E-state index is 0.0906. The molecule has 0 fully saturated rings. The third-order valence-corrected chi connectivity index (χ3v) is 2.20. The van der Waals surface area contributed by atoms with Gasteiger partial charge in [0, 0.05) is 11.6 Å². The number of carbonyl (C=O) groups excluding carboxylic acids is 1. The Bertz CT molecular complexity index is 336. The maximum absolute atomic E-state index is 12.8. The van der Waals surface area contributed by atoms with Crippen molar-refractivity contribution in [2.45, 2.75) is 6.92 Å². The molecule has 1 rings (SSSR count). The van der Waals surface area contributed by atoms with Crippen LogP contribution in [0.15, 0.2) is 16.6 Å². The number of ketones is 1. The largest absolute Gasteiger partial charge is 0.508 e. The van der Waals surface area contributed by atoms with Crippen molar-refractivity contribution < 1.29 is 14.3 Å². The van der Waals surface area contributed by atoms with Crippen LogP contribution in [0.1, 0.15) is 17.3 Å². The third kappa shape index (κ3) is 1.64. The van der Waals surface area contributed by atoms with Gasteiger partial charge in [-0.05, 0) is 28.9 Å². The van der Waals surface area contributed by atoms with E-state index in [9.17, 15) is 9.18 Å². The predicted octanol–water partition coefficient (Wildman–Crippen LogP) is 2.50. The van der Waals surface area contributed by atoms with E-state index >= 15 is 0 Å². The molecule has 0 radical (unpaired) electrons. The lowest BCUT2D eigenvalue weighted by atomic mass is 10.1. The molecule has 0 unspecified atom stereocenters. The molecule has 2 nitrogen and oxygen atoms in total. The van der Waals surface area contributed by atoms with E-state index in [0.717, 1.165) is 6.07 Å². The van der Waals surface area contributed by atoms with Crippen molar-refractivity contribution in [3.05, 3.63) is 28.0 Å². The van der Waals surface area contributed by atoms with Gasteiger partial charge in [0.25, 0.3) is 0 Å². The molecular weight excluding hydrogens is 227 g/mol. The van der Waals surface area contributed by atoms with Gasteiger partial charge in [-0.15, -0.1) is 0 Å². The van der Waals surface area contributed by atoms with Gasteiger partial charge in [-0.3, -0.25) is 4.79 Å². The van der Waals surface area contributed by atoms with Crippen molar-refractivity contribution in [3.8, 4) is 5.75 Å². The van der Waals surface area contributed by atoms with Gasteiger partial charge in [0.05, 0.1) is 4.47 Å². The van der Waals surface area contributed by atoms with Crippen LogP contribution in [-0.4, -0.2) is 10.9 Å². The standard InChI is InChI=1S/C8H6BrFO2/c1-4(11)6-2-5(12)3-7(10)8(6)9/h2-3,12H,1H3. The Kier molecular flexibility index (Phi) is 2.47. The highest BCUT2D eigenvalue weighted by Crippen LogP contribution is 2.25. The maximum atomic E-state index is 12.8. The first-order chi connectivity index (χ1) is 5.52. The van der Waals surface area contributed by atoms with Gasteiger partial charge >= 0.3 is 0 Å². The first-order valence-electron chi connectivity index (χ1n) is 3.21. The zero-order chi connectivity index (χ0) is 9.30. The molecular formula is C8H6BrFO2. The van der Waals surface area contributed by atoms with Crippen LogP contribution < -0.4 is 0 Å². The van der Waals surface area contributed by atoms with E-state index in [4.69, 9.17) is 5.11 Å². The topological polar surface area (TPSA) is 37.3 Å². The summed E-state index contributed by atoms with van der Waals surface area (Å²) in [5, 5.41) is 8.95. The fourth-order valence-corrected chi connectivity index (χ4v) is 1.34. The summed E-state index contributed by atoms with van der Waals surface area (Å²) in [6.07, 6.45) is 0. The second kappa shape index (κ2) is 3.23. The summed E-state index contributed by atoms with van der Waals surface area (Å²) < 4.78 is 12.9. The SMILES string of the molecule is CC(=O)c1cc(O)cc(F)c1Br.